The molecular weight excluding hydrogens is 489 g/mol. The Kier molecular flexibility index (Phi) is 5.86. The van der Waals surface area contributed by atoms with Crippen LogP contribution in [0.25, 0.3) is 0 Å². The van der Waals surface area contributed by atoms with Crippen LogP contribution in [0.5, 0.6) is 5.75 Å². The molecule has 61 valence electrons. The van der Waals surface area contributed by atoms with Gasteiger partial charge in [0.05, 0.1) is 6.26 Å². The summed E-state index contributed by atoms with van der Waals surface area (Å²) in [7, 11) is 0. The molecule has 1 aromatic carbocycles. The third kappa shape index (κ3) is 2.60. The van der Waals surface area contributed by atoms with Gasteiger partial charge < -0.3 is 4.74 Å². The summed E-state index contributed by atoms with van der Waals surface area (Å²) in [6.07, 6.45) is 4.75. The minimum atomic E-state index is 0. The molecule has 0 bridgehead atoms. The zero-order valence-corrected chi connectivity index (χ0v) is 12.6. The number of hydrogen-bond acceptors (Lipinski definition) is 1. The van der Waals surface area contributed by atoms with Crippen LogP contribution >= 0.6 is 0 Å². The summed E-state index contributed by atoms with van der Waals surface area (Å²) in [5, 5.41) is 0. The van der Waals surface area contributed by atoms with E-state index in [1.54, 1.807) is 6.26 Å². The summed E-state index contributed by atoms with van der Waals surface area (Å²) in [5.41, 5.74) is 1.27. The van der Waals surface area contributed by atoms with Gasteiger partial charge in [-0.05, 0) is 24.1 Å². The predicted octanol–water partition coefficient (Wildman–Crippen LogP) is 2.13. The van der Waals surface area contributed by atoms with Crippen LogP contribution in [0.4, 0.5) is 0 Å². The molecule has 0 saturated carbocycles. The first kappa shape index (κ1) is 12.2. The molecule has 0 aliphatic carbocycles. The number of benzene rings is 1. The van der Waals surface area contributed by atoms with Gasteiger partial charge in [-0.3, -0.25) is 0 Å². The Balaban J connectivity index is 0.000000605. The summed E-state index contributed by atoms with van der Waals surface area (Å²) in [6.45, 7) is 0. The molecule has 12 heavy (non-hydrogen) atoms. The predicted molar refractivity (Wildman–Crippen MR) is 39.9 cm³/mol. The van der Waals surface area contributed by atoms with Crippen molar-refractivity contribution >= 4 is 0 Å². The van der Waals surface area contributed by atoms with E-state index in [9.17, 15) is 0 Å². The van der Waals surface area contributed by atoms with E-state index in [0.29, 0.717) is 0 Å². The summed E-state index contributed by atoms with van der Waals surface area (Å²) in [5.74, 6) is 0.991. The largest absolute Gasteiger partial charge is 0.465 e. The first-order valence-corrected chi connectivity index (χ1v) is 3.36. The maximum absolute atomic E-state index is 5.24. The molecule has 0 spiro atoms. The molecule has 0 saturated heterocycles. The van der Waals surface area contributed by atoms with Crippen LogP contribution in [0.3, 0.4) is 0 Å². The van der Waals surface area contributed by atoms with Crippen molar-refractivity contribution < 1.29 is 48.2 Å². The zero-order valence-electron chi connectivity index (χ0n) is 6.43. The summed E-state index contributed by atoms with van der Waals surface area (Å²) in [4.78, 5) is 0. The Bertz CT molecular complexity index is 246. The SMILES string of the molecule is C1=COc2ccccc2C1.[Ta].[W]. The second kappa shape index (κ2) is 5.77. The van der Waals surface area contributed by atoms with E-state index in [1.807, 2.05) is 24.3 Å². The van der Waals surface area contributed by atoms with Gasteiger partial charge in [0.2, 0.25) is 0 Å². The maximum Gasteiger partial charge on any atom is 0.130 e. The third-order valence-corrected chi connectivity index (χ3v) is 1.60. The third-order valence-electron chi connectivity index (χ3n) is 1.60. The van der Waals surface area contributed by atoms with Gasteiger partial charge in [0.1, 0.15) is 5.75 Å². The molecule has 1 aliphatic heterocycles. The van der Waals surface area contributed by atoms with Gasteiger partial charge in [-0.1, -0.05) is 18.2 Å². The zero-order chi connectivity index (χ0) is 6.81. The number of allylic oxidation sites excluding steroid dienone is 1. The normalized spacial score (nSPS) is 11.7. The Hall–Kier alpha value is 0.189. The molecule has 1 nitrogen and oxygen atoms in total. The van der Waals surface area contributed by atoms with Crippen LogP contribution in [0, 0.1) is 0 Å². The van der Waals surface area contributed by atoms with Crippen LogP contribution in [-0.2, 0) is 49.9 Å². The van der Waals surface area contributed by atoms with Crippen LogP contribution in [0.2, 0.25) is 0 Å². The molecule has 0 N–H and O–H groups in total. The number of rotatable bonds is 0. The van der Waals surface area contributed by atoms with Crippen molar-refractivity contribution in [3.05, 3.63) is 42.2 Å². The van der Waals surface area contributed by atoms with Gasteiger partial charge in [0.15, 0.2) is 0 Å². The smallest absolute Gasteiger partial charge is 0.130 e. The standard InChI is InChI=1S/C9H8O.Ta.W/c1-2-6-9-8(4-1)5-3-7-10-9;;/h1-4,6-7H,5H2;;. The second-order valence-electron chi connectivity index (χ2n) is 2.30. The summed E-state index contributed by atoms with van der Waals surface area (Å²) in [6, 6.07) is 8.08. The average molecular weight is 497 g/mol. The Labute approximate surface area is 102 Å². The molecule has 0 amide bonds. The van der Waals surface area contributed by atoms with Crippen molar-refractivity contribution in [3.63, 3.8) is 0 Å². The topological polar surface area (TPSA) is 9.23 Å². The second-order valence-corrected chi connectivity index (χ2v) is 2.30. The van der Waals surface area contributed by atoms with Gasteiger partial charge in [-0.2, -0.15) is 0 Å². The maximum atomic E-state index is 5.24. The molecule has 2 rings (SSSR count). The first-order valence-electron chi connectivity index (χ1n) is 3.36. The minimum absolute atomic E-state index is 0. The molecular formula is C9H8OTaW. The Morgan fingerprint density at radius 1 is 1.17 bits per heavy atom. The van der Waals surface area contributed by atoms with Crippen molar-refractivity contribution in [2.45, 2.75) is 6.42 Å². The van der Waals surface area contributed by atoms with Gasteiger partial charge in [-0.15, -0.1) is 0 Å². The Morgan fingerprint density at radius 2 is 1.92 bits per heavy atom. The Morgan fingerprint density at radius 3 is 2.67 bits per heavy atom. The summed E-state index contributed by atoms with van der Waals surface area (Å²) >= 11 is 0. The molecule has 1 aromatic rings. The average Bonchev–Trinajstić information content (AvgIpc) is 2.05. The van der Waals surface area contributed by atoms with E-state index in [1.165, 1.54) is 5.56 Å². The van der Waals surface area contributed by atoms with E-state index in [4.69, 9.17) is 4.74 Å². The molecule has 0 unspecified atom stereocenters. The summed E-state index contributed by atoms with van der Waals surface area (Å²) < 4.78 is 5.24. The van der Waals surface area contributed by atoms with Crippen molar-refractivity contribution in [2.24, 2.45) is 0 Å². The number of para-hydroxylation sites is 1. The van der Waals surface area contributed by atoms with Crippen molar-refractivity contribution in [1.82, 2.24) is 0 Å². The van der Waals surface area contributed by atoms with Crippen LogP contribution in [-0.4, -0.2) is 0 Å². The molecule has 0 aromatic heterocycles. The van der Waals surface area contributed by atoms with Crippen LogP contribution in [0.1, 0.15) is 5.56 Å². The fourth-order valence-corrected chi connectivity index (χ4v) is 1.08. The van der Waals surface area contributed by atoms with E-state index < -0.39 is 0 Å². The molecule has 1 heterocycles. The van der Waals surface area contributed by atoms with Crippen molar-refractivity contribution in [1.29, 1.82) is 0 Å². The van der Waals surface area contributed by atoms with E-state index in [0.717, 1.165) is 12.2 Å². The number of ether oxygens (including phenoxy) is 1. The molecule has 0 fully saturated rings. The monoisotopic (exact) mass is 497 g/mol. The van der Waals surface area contributed by atoms with E-state index in [2.05, 4.69) is 6.07 Å². The van der Waals surface area contributed by atoms with Crippen LogP contribution < -0.4 is 4.74 Å². The molecule has 1 radical (unpaired) electrons. The van der Waals surface area contributed by atoms with E-state index >= 15 is 0 Å². The fourth-order valence-electron chi connectivity index (χ4n) is 1.08. The molecule has 3 heteroatoms. The number of fused-ring (bicyclic) bond motifs is 1. The molecule has 1 aliphatic rings. The quantitative estimate of drug-likeness (QED) is 0.535. The van der Waals surface area contributed by atoms with Crippen molar-refractivity contribution in [3.8, 4) is 5.75 Å². The van der Waals surface area contributed by atoms with Crippen LogP contribution in [0.15, 0.2) is 36.6 Å². The fraction of sp³-hybridized carbons (Fsp3) is 0.111. The van der Waals surface area contributed by atoms with Crippen molar-refractivity contribution in [2.75, 3.05) is 0 Å². The van der Waals surface area contributed by atoms with Gasteiger partial charge >= 0.3 is 0 Å². The van der Waals surface area contributed by atoms with E-state index in [-0.39, 0.29) is 43.4 Å². The van der Waals surface area contributed by atoms with Gasteiger partial charge in [0.25, 0.3) is 0 Å². The molecule has 0 atom stereocenters. The van der Waals surface area contributed by atoms with Gasteiger partial charge in [-0.25, -0.2) is 0 Å². The van der Waals surface area contributed by atoms with Gasteiger partial charge in [0, 0.05) is 43.4 Å². The minimum Gasteiger partial charge on any atom is -0.465 e. The number of hydrogen-bond donors (Lipinski definition) is 0. The first-order chi connectivity index (χ1) is 4.97.